The fourth-order valence-corrected chi connectivity index (χ4v) is 1.54. The molecule has 90 valence electrons. The molecule has 1 aromatic carbocycles. The quantitative estimate of drug-likeness (QED) is 0.804. The second-order valence-corrected chi connectivity index (χ2v) is 3.91. The van der Waals surface area contributed by atoms with Gasteiger partial charge in [-0.2, -0.15) is 0 Å². The van der Waals surface area contributed by atoms with Crippen molar-refractivity contribution in [3.63, 3.8) is 0 Å². The Morgan fingerprint density at radius 1 is 1.38 bits per heavy atom. The molecule has 0 aliphatic heterocycles. The van der Waals surface area contributed by atoms with Gasteiger partial charge in [0.15, 0.2) is 0 Å². The summed E-state index contributed by atoms with van der Waals surface area (Å²) in [6.45, 7) is 7.61. The van der Waals surface area contributed by atoms with E-state index in [0.29, 0.717) is 6.61 Å². The van der Waals surface area contributed by atoms with Crippen molar-refractivity contribution >= 4 is 5.69 Å². The molecule has 0 aliphatic carbocycles. The van der Waals surface area contributed by atoms with Crippen LogP contribution in [-0.4, -0.2) is 26.4 Å². The highest BCUT2D eigenvalue weighted by Gasteiger charge is 2.06. The Morgan fingerprint density at radius 3 is 2.75 bits per heavy atom. The summed E-state index contributed by atoms with van der Waals surface area (Å²) in [5, 5.41) is 3.39. The lowest BCUT2D eigenvalue weighted by Gasteiger charge is -2.17. The van der Waals surface area contributed by atoms with Gasteiger partial charge < -0.3 is 14.8 Å². The minimum Gasteiger partial charge on any atom is -0.495 e. The van der Waals surface area contributed by atoms with Gasteiger partial charge in [-0.1, -0.05) is 6.07 Å². The summed E-state index contributed by atoms with van der Waals surface area (Å²) < 4.78 is 10.7. The van der Waals surface area contributed by atoms with Crippen molar-refractivity contribution in [2.75, 3.05) is 25.6 Å². The summed E-state index contributed by atoms with van der Waals surface area (Å²) in [6, 6.07) is 6.37. The van der Waals surface area contributed by atoms with Crippen LogP contribution < -0.4 is 10.1 Å². The van der Waals surface area contributed by atoms with E-state index in [1.54, 1.807) is 7.11 Å². The molecule has 0 spiro atoms. The van der Waals surface area contributed by atoms with Crippen LogP contribution >= 0.6 is 0 Å². The van der Waals surface area contributed by atoms with Crippen molar-refractivity contribution in [2.45, 2.75) is 26.8 Å². The lowest BCUT2D eigenvalue weighted by atomic mass is 10.2. The van der Waals surface area contributed by atoms with Gasteiger partial charge in [0.05, 0.1) is 19.4 Å². The summed E-state index contributed by atoms with van der Waals surface area (Å²) in [7, 11) is 1.68. The monoisotopic (exact) mass is 223 g/mol. The van der Waals surface area contributed by atoms with Crippen LogP contribution in [0.3, 0.4) is 0 Å². The zero-order chi connectivity index (χ0) is 12.0. The van der Waals surface area contributed by atoms with E-state index in [1.807, 2.05) is 19.1 Å². The molecule has 1 rings (SSSR count). The molecule has 0 radical (unpaired) electrons. The predicted molar refractivity (Wildman–Crippen MR) is 67.3 cm³/mol. The fourth-order valence-electron chi connectivity index (χ4n) is 1.54. The number of nitrogens with one attached hydrogen (secondary N) is 1. The van der Waals surface area contributed by atoms with Crippen LogP contribution in [0.2, 0.25) is 0 Å². The van der Waals surface area contributed by atoms with E-state index in [2.05, 4.69) is 25.2 Å². The Labute approximate surface area is 97.8 Å². The van der Waals surface area contributed by atoms with Gasteiger partial charge in [-0.15, -0.1) is 0 Å². The standard InChI is InChI=1S/C13H21NO2/c1-5-16-9-11(3)14-12-8-10(2)6-7-13(12)15-4/h6-8,11,14H,5,9H2,1-4H3. The molecule has 3 heteroatoms. The molecule has 0 saturated carbocycles. The Hall–Kier alpha value is -1.22. The molecule has 1 unspecified atom stereocenters. The Morgan fingerprint density at radius 2 is 2.12 bits per heavy atom. The average Bonchev–Trinajstić information content (AvgIpc) is 2.27. The van der Waals surface area contributed by atoms with Crippen LogP contribution in [0.15, 0.2) is 18.2 Å². The van der Waals surface area contributed by atoms with Crippen molar-refractivity contribution in [2.24, 2.45) is 0 Å². The van der Waals surface area contributed by atoms with Gasteiger partial charge in [-0.3, -0.25) is 0 Å². The van der Waals surface area contributed by atoms with Crippen molar-refractivity contribution in [3.05, 3.63) is 23.8 Å². The Bertz CT molecular complexity index is 326. The first-order valence-electron chi connectivity index (χ1n) is 5.66. The van der Waals surface area contributed by atoms with E-state index < -0.39 is 0 Å². The fraction of sp³-hybridized carbons (Fsp3) is 0.538. The Balaban J connectivity index is 2.67. The molecule has 0 bridgehead atoms. The molecule has 1 atom stereocenters. The zero-order valence-corrected chi connectivity index (χ0v) is 10.5. The van der Waals surface area contributed by atoms with E-state index in [-0.39, 0.29) is 6.04 Å². The number of hydrogen-bond acceptors (Lipinski definition) is 3. The summed E-state index contributed by atoms with van der Waals surface area (Å²) in [5.74, 6) is 0.869. The molecule has 0 aliphatic rings. The predicted octanol–water partition coefficient (Wildman–Crippen LogP) is 2.84. The largest absolute Gasteiger partial charge is 0.495 e. The zero-order valence-electron chi connectivity index (χ0n) is 10.5. The third-order valence-corrected chi connectivity index (χ3v) is 2.33. The SMILES string of the molecule is CCOCC(C)Nc1cc(C)ccc1OC. The highest BCUT2D eigenvalue weighted by Crippen LogP contribution is 2.25. The minimum absolute atomic E-state index is 0.274. The Kier molecular flexibility index (Phi) is 5.12. The first kappa shape index (κ1) is 12.8. The van der Waals surface area contributed by atoms with Gasteiger partial charge in [0.2, 0.25) is 0 Å². The first-order chi connectivity index (χ1) is 7.67. The van der Waals surface area contributed by atoms with E-state index in [9.17, 15) is 0 Å². The van der Waals surface area contributed by atoms with Crippen molar-refractivity contribution in [1.29, 1.82) is 0 Å². The maximum Gasteiger partial charge on any atom is 0.141 e. The molecular weight excluding hydrogens is 202 g/mol. The lowest BCUT2D eigenvalue weighted by molar-refractivity contribution is 0.141. The molecule has 1 N–H and O–H groups in total. The lowest BCUT2D eigenvalue weighted by Crippen LogP contribution is -2.22. The topological polar surface area (TPSA) is 30.5 Å². The molecule has 0 aromatic heterocycles. The molecule has 0 fully saturated rings. The molecule has 3 nitrogen and oxygen atoms in total. The molecule has 0 saturated heterocycles. The van der Waals surface area contributed by atoms with E-state index in [0.717, 1.165) is 18.0 Å². The second kappa shape index (κ2) is 6.38. The number of aryl methyl sites for hydroxylation is 1. The van der Waals surface area contributed by atoms with Crippen LogP contribution in [0.25, 0.3) is 0 Å². The smallest absolute Gasteiger partial charge is 0.141 e. The van der Waals surface area contributed by atoms with E-state index in [4.69, 9.17) is 9.47 Å². The number of anilines is 1. The van der Waals surface area contributed by atoms with Gasteiger partial charge in [-0.25, -0.2) is 0 Å². The van der Waals surface area contributed by atoms with Crippen LogP contribution in [0, 0.1) is 6.92 Å². The summed E-state index contributed by atoms with van der Waals surface area (Å²) in [6.07, 6.45) is 0. The van der Waals surface area contributed by atoms with Gasteiger partial charge in [0.1, 0.15) is 5.75 Å². The number of rotatable bonds is 6. The molecule has 16 heavy (non-hydrogen) atoms. The molecular formula is C13H21NO2. The maximum atomic E-state index is 5.37. The second-order valence-electron chi connectivity index (χ2n) is 3.91. The molecule has 1 aromatic rings. The summed E-state index contributed by atoms with van der Waals surface area (Å²) in [5.41, 5.74) is 2.24. The van der Waals surface area contributed by atoms with Crippen LogP contribution in [0.1, 0.15) is 19.4 Å². The molecule has 0 amide bonds. The van der Waals surface area contributed by atoms with Gasteiger partial charge in [0, 0.05) is 12.6 Å². The summed E-state index contributed by atoms with van der Waals surface area (Å²) in [4.78, 5) is 0. The molecule has 0 heterocycles. The van der Waals surface area contributed by atoms with E-state index in [1.165, 1.54) is 5.56 Å². The third-order valence-electron chi connectivity index (χ3n) is 2.33. The average molecular weight is 223 g/mol. The number of methoxy groups -OCH3 is 1. The normalized spacial score (nSPS) is 12.2. The van der Waals surface area contributed by atoms with Crippen LogP contribution in [0.5, 0.6) is 5.75 Å². The van der Waals surface area contributed by atoms with Gasteiger partial charge in [-0.05, 0) is 38.5 Å². The summed E-state index contributed by atoms with van der Waals surface area (Å²) >= 11 is 0. The van der Waals surface area contributed by atoms with Crippen molar-refractivity contribution in [1.82, 2.24) is 0 Å². The highest BCUT2D eigenvalue weighted by molar-refractivity contribution is 5.58. The van der Waals surface area contributed by atoms with Crippen molar-refractivity contribution < 1.29 is 9.47 Å². The van der Waals surface area contributed by atoms with Crippen molar-refractivity contribution in [3.8, 4) is 5.75 Å². The number of hydrogen-bond donors (Lipinski definition) is 1. The van der Waals surface area contributed by atoms with Crippen LogP contribution in [-0.2, 0) is 4.74 Å². The van der Waals surface area contributed by atoms with Gasteiger partial charge >= 0.3 is 0 Å². The number of benzene rings is 1. The highest BCUT2D eigenvalue weighted by atomic mass is 16.5. The van der Waals surface area contributed by atoms with Gasteiger partial charge in [0.25, 0.3) is 0 Å². The minimum atomic E-state index is 0.274. The number of ether oxygens (including phenoxy) is 2. The third kappa shape index (κ3) is 3.74. The van der Waals surface area contributed by atoms with E-state index >= 15 is 0 Å². The maximum absolute atomic E-state index is 5.37. The van der Waals surface area contributed by atoms with Crippen LogP contribution in [0.4, 0.5) is 5.69 Å². The first-order valence-corrected chi connectivity index (χ1v) is 5.66.